The minimum atomic E-state index is -0.439. The van der Waals surface area contributed by atoms with Gasteiger partial charge in [-0.2, -0.15) is 5.26 Å². The summed E-state index contributed by atoms with van der Waals surface area (Å²) in [6, 6.07) is 6.35. The first kappa shape index (κ1) is 14.3. The van der Waals surface area contributed by atoms with Crippen molar-refractivity contribution in [3.63, 3.8) is 0 Å². The molecule has 0 heterocycles. The second-order valence-electron chi connectivity index (χ2n) is 5.15. The van der Waals surface area contributed by atoms with E-state index < -0.39 is 4.92 Å². The van der Waals surface area contributed by atoms with E-state index in [9.17, 15) is 10.1 Å². The highest BCUT2D eigenvalue weighted by Gasteiger charge is 2.23. The van der Waals surface area contributed by atoms with E-state index in [1.165, 1.54) is 18.2 Å². The molecule has 1 fully saturated rings. The molecule has 0 spiro atoms. The molecule has 1 aliphatic rings. The number of nitrogens with one attached hydrogen (secondary N) is 1. The zero-order valence-corrected chi connectivity index (χ0v) is 11.2. The molecule has 106 valence electrons. The molecule has 3 N–H and O–H groups in total. The second-order valence-corrected chi connectivity index (χ2v) is 5.15. The summed E-state index contributed by atoms with van der Waals surface area (Å²) in [4.78, 5) is 10.6. The van der Waals surface area contributed by atoms with Crippen molar-refractivity contribution < 1.29 is 4.92 Å². The van der Waals surface area contributed by atoms with Gasteiger partial charge in [0.25, 0.3) is 5.69 Å². The lowest BCUT2D eigenvalue weighted by Crippen LogP contribution is -2.39. The van der Waals surface area contributed by atoms with E-state index in [0.29, 0.717) is 11.3 Å². The highest BCUT2D eigenvalue weighted by molar-refractivity contribution is 5.64. The average Bonchev–Trinajstić information content (AvgIpc) is 2.64. The van der Waals surface area contributed by atoms with Gasteiger partial charge in [0.1, 0.15) is 5.69 Å². The van der Waals surface area contributed by atoms with Crippen LogP contribution in [0.1, 0.15) is 37.7 Å². The number of nitro groups is 1. The third-order valence-electron chi connectivity index (χ3n) is 3.73. The van der Waals surface area contributed by atoms with Crippen molar-refractivity contribution in [1.82, 2.24) is 0 Å². The molecule has 0 saturated heterocycles. The van der Waals surface area contributed by atoms with Crippen LogP contribution in [0.15, 0.2) is 18.2 Å². The summed E-state index contributed by atoms with van der Waals surface area (Å²) in [6.45, 7) is 0. The first-order valence-electron chi connectivity index (χ1n) is 6.82. The molecule has 2 atom stereocenters. The van der Waals surface area contributed by atoms with E-state index in [1.54, 1.807) is 0 Å². The molecule has 0 aliphatic heterocycles. The van der Waals surface area contributed by atoms with E-state index in [-0.39, 0.29) is 17.8 Å². The number of nitrogens with two attached hydrogens (primary N) is 1. The highest BCUT2D eigenvalue weighted by Crippen LogP contribution is 2.28. The maximum Gasteiger partial charge on any atom is 0.292 e. The van der Waals surface area contributed by atoms with Crippen LogP contribution in [0.5, 0.6) is 0 Å². The Morgan fingerprint density at radius 1 is 1.35 bits per heavy atom. The first-order chi connectivity index (χ1) is 9.61. The molecule has 0 bridgehead atoms. The van der Waals surface area contributed by atoms with Crippen LogP contribution in [-0.4, -0.2) is 17.0 Å². The van der Waals surface area contributed by atoms with E-state index in [4.69, 9.17) is 11.0 Å². The number of nitriles is 1. The number of nitrogens with zero attached hydrogens (tertiary/aromatic N) is 2. The van der Waals surface area contributed by atoms with E-state index in [1.807, 2.05) is 6.07 Å². The van der Waals surface area contributed by atoms with Gasteiger partial charge in [0.2, 0.25) is 0 Å². The van der Waals surface area contributed by atoms with Gasteiger partial charge in [0, 0.05) is 18.2 Å². The predicted octanol–water partition coefficient (Wildman–Crippen LogP) is 2.54. The second kappa shape index (κ2) is 6.35. The molecule has 6 nitrogen and oxygen atoms in total. The predicted molar refractivity (Wildman–Crippen MR) is 76.3 cm³/mol. The van der Waals surface area contributed by atoms with E-state index >= 15 is 0 Å². The van der Waals surface area contributed by atoms with E-state index in [0.717, 1.165) is 32.1 Å². The van der Waals surface area contributed by atoms with E-state index in [2.05, 4.69) is 5.32 Å². The lowest BCUT2D eigenvalue weighted by molar-refractivity contribution is -0.384. The molecule has 1 aliphatic carbocycles. The molecule has 1 aromatic rings. The Kier molecular flexibility index (Phi) is 4.53. The summed E-state index contributed by atoms with van der Waals surface area (Å²) in [5.74, 6) is 0. The number of anilines is 1. The average molecular weight is 274 g/mol. The quantitative estimate of drug-likeness (QED) is 0.500. The fourth-order valence-corrected chi connectivity index (χ4v) is 2.60. The van der Waals surface area contributed by atoms with Crippen LogP contribution in [-0.2, 0) is 0 Å². The third kappa shape index (κ3) is 3.25. The molecule has 2 unspecified atom stereocenters. The maximum absolute atomic E-state index is 11.1. The van der Waals surface area contributed by atoms with Crippen LogP contribution in [0.25, 0.3) is 0 Å². The summed E-state index contributed by atoms with van der Waals surface area (Å²) in [6.07, 6.45) is 5.13. The Balaban J connectivity index is 2.26. The van der Waals surface area contributed by atoms with Crippen LogP contribution in [0.2, 0.25) is 0 Å². The SMILES string of the molecule is N#Cc1ccc([N+](=O)[O-])c(NC2CCCCCC2N)c1. The van der Waals surface area contributed by atoms with Crippen LogP contribution >= 0.6 is 0 Å². The first-order valence-corrected chi connectivity index (χ1v) is 6.82. The standard InChI is InChI=1S/C14H18N4O2/c15-9-10-6-7-14(18(19)20)13(8-10)17-12-5-3-1-2-4-11(12)16/h6-8,11-12,17H,1-5,16H2. The van der Waals surface area contributed by atoms with Gasteiger partial charge in [-0.1, -0.05) is 19.3 Å². The zero-order valence-electron chi connectivity index (χ0n) is 11.2. The van der Waals surface area contributed by atoms with Gasteiger partial charge in [0.05, 0.1) is 16.6 Å². The summed E-state index contributed by atoms with van der Waals surface area (Å²) < 4.78 is 0. The van der Waals surface area contributed by atoms with Crippen molar-refractivity contribution in [2.75, 3.05) is 5.32 Å². The summed E-state index contributed by atoms with van der Waals surface area (Å²) in [7, 11) is 0. The highest BCUT2D eigenvalue weighted by atomic mass is 16.6. The van der Waals surface area contributed by atoms with Crippen molar-refractivity contribution in [1.29, 1.82) is 5.26 Å². The van der Waals surface area contributed by atoms with Crippen molar-refractivity contribution in [2.24, 2.45) is 5.73 Å². The number of hydrogen-bond donors (Lipinski definition) is 2. The van der Waals surface area contributed by atoms with Gasteiger partial charge in [-0.05, 0) is 25.0 Å². The molecule has 6 heteroatoms. The molecular formula is C14H18N4O2. The lowest BCUT2D eigenvalue weighted by atomic mass is 10.0. The Labute approximate surface area is 117 Å². The number of nitro benzene ring substituents is 1. The largest absolute Gasteiger partial charge is 0.375 e. The van der Waals surface area contributed by atoms with Gasteiger partial charge < -0.3 is 11.1 Å². The summed E-state index contributed by atoms with van der Waals surface area (Å²) >= 11 is 0. The zero-order chi connectivity index (χ0) is 14.5. The molecule has 1 aromatic carbocycles. The Hall–Kier alpha value is -2.13. The van der Waals surface area contributed by atoms with Crippen molar-refractivity contribution >= 4 is 11.4 Å². The molecular weight excluding hydrogens is 256 g/mol. The van der Waals surface area contributed by atoms with Gasteiger partial charge >= 0.3 is 0 Å². The fourth-order valence-electron chi connectivity index (χ4n) is 2.60. The van der Waals surface area contributed by atoms with Crippen LogP contribution in [0, 0.1) is 21.4 Å². The lowest BCUT2D eigenvalue weighted by Gasteiger charge is -2.23. The van der Waals surface area contributed by atoms with Gasteiger partial charge in [-0.3, -0.25) is 10.1 Å². The topological polar surface area (TPSA) is 105 Å². The Morgan fingerprint density at radius 3 is 2.80 bits per heavy atom. The molecule has 0 aromatic heterocycles. The van der Waals surface area contributed by atoms with Crippen molar-refractivity contribution in [3.05, 3.63) is 33.9 Å². The number of rotatable bonds is 3. The maximum atomic E-state index is 11.1. The van der Waals surface area contributed by atoms with Crippen LogP contribution < -0.4 is 11.1 Å². The smallest absolute Gasteiger partial charge is 0.292 e. The summed E-state index contributed by atoms with van der Waals surface area (Å²) in [5.41, 5.74) is 6.90. The molecule has 1 saturated carbocycles. The minimum absolute atomic E-state index is 0.0113. The molecule has 2 rings (SSSR count). The van der Waals surface area contributed by atoms with Gasteiger partial charge in [0.15, 0.2) is 0 Å². The molecule has 20 heavy (non-hydrogen) atoms. The third-order valence-corrected chi connectivity index (χ3v) is 3.73. The number of benzene rings is 1. The summed E-state index contributed by atoms with van der Waals surface area (Å²) in [5, 5.41) is 23.2. The Bertz CT molecular complexity index is 538. The van der Waals surface area contributed by atoms with Crippen molar-refractivity contribution in [3.8, 4) is 6.07 Å². The monoisotopic (exact) mass is 274 g/mol. The van der Waals surface area contributed by atoms with Gasteiger partial charge in [-0.15, -0.1) is 0 Å². The normalized spacial score (nSPS) is 22.6. The van der Waals surface area contributed by atoms with Crippen LogP contribution in [0.4, 0.5) is 11.4 Å². The molecule has 0 amide bonds. The Morgan fingerprint density at radius 2 is 2.10 bits per heavy atom. The fraction of sp³-hybridized carbons (Fsp3) is 0.500. The van der Waals surface area contributed by atoms with Crippen molar-refractivity contribution in [2.45, 2.75) is 44.2 Å². The van der Waals surface area contributed by atoms with Crippen LogP contribution in [0.3, 0.4) is 0 Å². The van der Waals surface area contributed by atoms with Gasteiger partial charge in [-0.25, -0.2) is 0 Å². The molecule has 0 radical (unpaired) electrons. The number of hydrogen-bond acceptors (Lipinski definition) is 5. The minimum Gasteiger partial charge on any atom is -0.375 e.